The lowest BCUT2D eigenvalue weighted by molar-refractivity contribution is -0.127. The summed E-state index contributed by atoms with van der Waals surface area (Å²) in [6.07, 6.45) is 0.247. The van der Waals surface area contributed by atoms with Gasteiger partial charge in [-0.25, -0.2) is 4.39 Å². The van der Waals surface area contributed by atoms with E-state index in [9.17, 15) is 9.18 Å². The molecule has 0 bridgehead atoms. The van der Waals surface area contributed by atoms with Crippen molar-refractivity contribution in [2.75, 3.05) is 12.3 Å². The van der Waals surface area contributed by atoms with Gasteiger partial charge in [-0.15, -0.1) is 0 Å². The van der Waals surface area contributed by atoms with Crippen molar-refractivity contribution in [1.82, 2.24) is 5.32 Å². The molecule has 4 nitrogen and oxygen atoms in total. The maximum absolute atomic E-state index is 12.9. The molecule has 1 atom stereocenters. The van der Waals surface area contributed by atoms with Gasteiger partial charge < -0.3 is 15.8 Å². The number of ether oxygens (including phenoxy) is 1. The monoisotopic (exact) mass is 268 g/mol. The maximum atomic E-state index is 12.9. The Morgan fingerprint density at radius 1 is 1.42 bits per heavy atom. The summed E-state index contributed by atoms with van der Waals surface area (Å²) in [6, 6.07) is 3.83. The number of benzene rings is 1. The molecule has 1 aromatic rings. The number of nitrogens with one attached hydrogen (secondary N) is 1. The SMILES string of the molecule is CC(C)CCNC(=O)C(C)Oc1ccc(F)cc1N. The summed E-state index contributed by atoms with van der Waals surface area (Å²) in [7, 11) is 0. The van der Waals surface area contributed by atoms with E-state index in [0.29, 0.717) is 18.2 Å². The number of nitrogens with two attached hydrogens (primary N) is 1. The van der Waals surface area contributed by atoms with Crippen LogP contribution in [0, 0.1) is 11.7 Å². The Labute approximate surface area is 113 Å². The van der Waals surface area contributed by atoms with Crippen LogP contribution in [0.2, 0.25) is 0 Å². The predicted molar refractivity (Wildman–Crippen MR) is 73.4 cm³/mol. The molecule has 0 heterocycles. The van der Waals surface area contributed by atoms with E-state index in [-0.39, 0.29) is 11.6 Å². The fraction of sp³-hybridized carbons (Fsp3) is 0.500. The normalized spacial score (nSPS) is 12.3. The number of hydrogen-bond donors (Lipinski definition) is 2. The smallest absolute Gasteiger partial charge is 0.260 e. The second-order valence-corrected chi connectivity index (χ2v) is 4.92. The molecule has 0 saturated heterocycles. The average molecular weight is 268 g/mol. The molecular formula is C14H21FN2O2. The van der Waals surface area contributed by atoms with Crippen molar-refractivity contribution in [1.29, 1.82) is 0 Å². The summed E-state index contributed by atoms with van der Waals surface area (Å²) >= 11 is 0. The quantitative estimate of drug-likeness (QED) is 0.778. The number of anilines is 1. The number of carbonyl (C=O) groups is 1. The highest BCUT2D eigenvalue weighted by Crippen LogP contribution is 2.22. The zero-order chi connectivity index (χ0) is 14.4. The van der Waals surface area contributed by atoms with E-state index >= 15 is 0 Å². The van der Waals surface area contributed by atoms with E-state index in [2.05, 4.69) is 19.2 Å². The molecule has 0 aromatic heterocycles. The lowest BCUT2D eigenvalue weighted by atomic mass is 10.1. The topological polar surface area (TPSA) is 64.3 Å². The molecule has 1 unspecified atom stereocenters. The molecule has 0 aliphatic heterocycles. The highest BCUT2D eigenvalue weighted by molar-refractivity contribution is 5.80. The summed E-state index contributed by atoms with van der Waals surface area (Å²) in [6.45, 7) is 6.42. The fourth-order valence-electron chi connectivity index (χ4n) is 1.50. The van der Waals surface area contributed by atoms with Crippen LogP contribution in [0.4, 0.5) is 10.1 Å². The first-order chi connectivity index (χ1) is 8.90. The van der Waals surface area contributed by atoms with Gasteiger partial charge in [-0.2, -0.15) is 0 Å². The summed E-state index contributed by atoms with van der Waals surface area (Å²) < 4.78 is 18.3. The highest BCUT2D eigenvalue weighted by Gasteiger charge is 2.15. The standard InChI is InChI=1S/C14H21FN2O2/c1-9(2)6-7-17-14(18)10(3)19-13-5-4-11(15)8-12(13)16/h4-5,8-10H,6-7,16H2,1-3H3,(H,17,18). The van der Waals surface area contributed by atoms with E-state index in [4.69, 9.17) is 10.5 Å². The third-order valence-corrected chi connectivity index (χ3v) is 2.67. The molecule has 1 rings (SSSR count). The van der Waals surface area contributed by atoms with Crippen LogP contribution in [0.5, 0.6) is 5.75 Å². The van der Waals surface area contributed by atoms with Crippen LogP contribution in [0.25, 0.3) is 0 Å². The Balaban J connectivity index is 2.49. The van der Waals surface area contributed by atoms with Crippen molar-refractivity contribution in [3.8, 4) is 5.75 Å². The van der Waals surface area contributed by atoms with E-state index in [1.165, 1.54) is 18.2 Å². The molecule has 3 N–H and O–H groups in total. The van der Waals surface area contributed by atoms with Crippen LogP contribution in [-0.4, -0.2) is 18.6 Å². The first kappa shape index (κ1) is 15.3. The molecule has 1 amide bonds. The Morgan fingerprint density at radius 2 is 2.11 bits per heavy atom. The number of halogens is 1. The summed E-state index contributed by atoms with van der Waals surface area (Å²) in [5.74, 6) is 0.209. The van der Waals surface area contributed by atoms with E-state index in [1.807, 2.05) is 0 Å². The lowest BCUT2D eigenvalue weighted by Gasteiger charge is -2.16. The molecular weight excluding hydrogens is 247 g/mol. The molecule has 0 spiro atoms. The first-order valence-corrected chi connectivity index (χ1v) is 6.39. The minimum atomic E-state index is -0.667. The Kier molecular flexibility index (Phi) is 5.60. The van der Waals surface area contributed by atoms with Crippen molar-refractivity contribution >= 4 is 11.6 Å². The van der Waals surface area contributed by atoms with Gasteiger partial charge in [0.15, 0.2) is 6.10 Å². The second kappa shape index (κ2) is 6.97. The first-order valence-electron chi connectivity index (χ1n) is 6.39. The van der Waals surface area contributed by atoms with Gasteiger partial charge >= 0.3 is 0 Å². The van der Waals surface area contributed by atoms with Gasteiger partial charge in [0.1, 0.15) is 11.6 Å². The minimum Gasteiger partial charge on any atom is -0.479 e. The third-order valence-electron chi connectivity index (χ3n) is 2.67. The number of nitrogen functional groups attached to an aromatic ring is 1. The van der Waals surface area contributed by atoms with Crippen molar-refractivity contribution in [3.63, 3.8) is 0 Å². The molecule has 0 radical (unpaired) electrons. The van der Waals surface area contributed by atoms with Crippen molar-refractivity contribution in [2.24, 2.45) is 5.92 Å². The van der Waals surface area contributed by atoms with Crippen LogP contribution in [-0.2, 0) is 4.79 Å². The van der Waals surface area contributed by atoms with Crippen molar-refractivity contribution in [3.05, 3.63) is 24.0 Å². The van der Waals surface area contributed by atoms with Gasteiger partial charge in [0.05, 0.1) is 5.69 Å². The Morgan fingerprint density at radius 3 is 2.68 bits per heavy atom. The van der Waals surface area contributed by atoms with Crippen LogP contribution in [0.15, 0.2) is 18.2 Å². The highest BCUT2D eigenvalue weighted by atomic mass is 19.1. The maximum Gasteiger partial charge on any atom is 0.260 e. The summed E-state index contributed by atoms with van der Waals surface area (Å²) in [4.78, 5) is 11.8. The summed E-state index contributed by atoms with van der Waals surface area (Å²) in [5.41, 5.74) is 5.80. The number of rotatable bonds is 6. The fourth-order valence-corrected chi connectivity index (χ4v) is 1.50. The zero-order valence-electron chi connectivity index (χ0n) is 11.6. The van der Waals surface area contributed by atoms with Crippen LogP contribution in [0.1, 0.15) is 27.2 Å². The van der Waals surface area contributed by atoms with Gasteiger partial charge in [-0.05, 0) is 31.4 Å². The molecule has 0 saturated carbocycles. The van der Waals surface area contributed by atoms with Gasteiger partial charge in [-0.1, -0.05) is 13.8 Å². The van der Waals surface area contributed by atoms with E-state index < -0.39 is 11.9 Å². The average Bonchev–Trinajstić information content (AvgIpc) is 2.32. The zero-order valence-corrected chi connectivity index (χ0v) is 11.6. The molecule has 19 heavy (non-hydrogen) atoms. The van der Waals surface area contributed by atoms with Gasteiger partial charge in [-0.3, -0.25) is 4.79 Å². The van der Waals surface area contributed by atoms with Crippen molar-refractivity contribution in [2.45, 2.75) is 33.3 Å². The number of hydrogen-bond acceptors (Lipinski definition) is 3. The lowest BCUT2D eigenvalue weighted by Crippen LogP contribution is -2.37. The largest absolute Gasteiger partial charge is 0.479 e. The van der Waals surface area contributed by atoms with Crippen LogP contribution >= 0.6 is 0 Å². The molecule has 5 heteroatoms. The van der Waals surface area contributed by atoms with Gasteiger partial charge in [0.25, 0.3) is 5.91 Å². The minimum absolute atomic E-state index is 0.182. The third kappa shape index (κ3) is 5.16. The number of carbonyl (C=O) groups excluding carboxylic acids is 1. The summed E-state index contributed by atoms with van der Waals surface area (Å²) in [5, 5.41) is 2.79. The molecule has 0 fully saturated rings. The Hall–Kier alpha value is -1.78. The molecule has 1 aromatic carbocycles. The van der Waals surface area contributed by atoms with Gasteiger partial charge in [0, 0.05) is 12.6 Å². The molecule has 0 aliphatic carbocycles. The van der Waals surface area contributed by atoms with Crippen LogP contribution in [0.3, 0.4) is 0 Å². The second-order valence-electron chi connectivity index (χ2n) is 4.92. The van der Waals surface area contributed by atoms with E-state index in [1.54, 1.807) is 6.92 Å². The molecule has 106 valence electrons. The van der Waals surface area contributed by atoms with Crippen LogP contribution < -0.4 is 15.8 Å². The number of amides is 1. The molecule has 0 aliphatic rings. The predicted octanol–water partition coefficient (Wildman–Crippen LogP) is 2.34. The van der Waals surface area contributed by atoms with Crippen molar-refractivity contribution < 1.29 is 13.9 Å². The van der Waals surface area contributed by atoms with E-state index in [0.717, 1.165) is 6.42 Å². The van der Waals surface area contributed by atoms with Gasteiger partial charge in [0.2, 0.25) is 0 Å². The Bertz CT molecular complexity index is 435.